The molecule has 18 heavy (non-hydrogen) atoms. The lowest BCUT2D eigenvalue weighted by molar-refractivity contribution is 0.472. The third-order valence-corrected chi connectivity index (χ3v) is 3.28. The first-order chi connectivity index (χ1) is 8.19. The highest BCUT2D eigenvalue weighted by Crippen LogP contribution is 2.20. The van der Waals surface area contributed by atoms with Crippen LogP contribution < -0.4 is 5.73 Å². The zero-order valence-corrected chi connectivity index (χ0v) is 12.8. The average molecular weight is 363 g/mol. The van der Waals surface area contributed by atoms with Crippen LogP contribution in [0.1, 0.15) is 12.0 Å². The smallest absolute Gasteiger partial charge is 0.190 e. The largest absolute Gasteiger partial charge is 0.370 e. The van der Waals surface area contributed by atoms with Crippen molar-refractivity contribution in [3.05, 3.63) is 35.6 Å². The van der Waals surface area contributed by atoms with Gasteiger partial charge < -0.3 is 10.6 Å². The number of rotatable bonds is 2. The van der Waals surface area contributed by atoms with Crippen LogP contribution in [0.5, 0.6) is 0 Å². The van der Waals surface area contributed by atoms with Gasteiger partial charge in [0.2, 0.25) is 0 Å². The van der Waals surface area contributed by atoms with Gasteiger partial charge in [-0.15, -0.1) is 24.0 Å². The van der Waals surface area contributed by atoms with E-state index in [9.17, 15) is 4.39 Å². The zero-order valence-electron chi connectivity index (χ0n) is 10.5. The second-order valence-electron chi connectivity index (χ2n) is 4.51. The third-order valence-electron chi connectivity index (χ3n) is 3.28. The quantitative estimate of drug-likeness (QED) is 0.498. The molecule has 2 rings (SSSR count). The minimum Gasteiger partial charge on any atom is -0.370 e. The number of likely N-dealkylation sites (tertiary alicyclic amines) is 1. The summed E-state index contributed by atoms with van der Waals surface area (Å²) in [6.45, 7) is 1.91. The highest BCUT2D eigenvalue weighted by Gasteiger charge is 2.23. The van der Waals surface area contributed by atoms with Crippen molar-refractivity contribution in [2.24, 2.45) is 16.6 Å². The molecule has 1 heterocycles. The molecule has 0 saturated carbocycles. The number of benzene rings is 1. The third kappa shape index (κ3) is 3.83. The lowest BCUT2D eigenvalue weighted by atomic mass is 9.99. The molecule has 0 radical (unpaired) electrons. The Morgan fingerprint density at radius 2 is 2.11 bits per heavy atom. The molecular weight excluding hydrogens is 344 g/mol. The van der Waals surface area contributed by atoms with Crippen LogP contribution in [-0.4, -0.2) is 31.0 Å². The van der Waals surface area contributed by atoms with Crippen molar-refractivity contribution in [2.75, 3.05) is 20.1 Å². The summed E-state index contributed by atoms with van der Waals surface area (Å²) in [6, 6.07) is 6.75. The first-order valence-corrected chi connectivity index (χ1v) is 5.90. The topological polar surface area (TPSA) is 41.6 Å². The fourth-order valence-corrected chi connectivity index (χ4v) is 2.30. The molecule has 1 fully saturated rings. The van der Waals surface area contributed by atoms with Crippen molar-refractivity contribution in [3.63, 3.8) is 0 Å². The standard InChI is InChI=1S/C13H18FN3.HI/c1-16-13(15)17-7-6-11(9-17)8-10-2-4-12(14)5-3-10;/h2-5,11H,6-9H2,1H3,(H2,15,16);1H. The van der Waals surface area contributed by atoms with Crippen LogP contribution in [-0.2, 0) is 6.42 Å². The summed E-state index contributed by atoms with van der Waals surface area (Å²) in [5, 5.41) is 0. The molecule has 1 atom stereocenters. The van der Waals surface area contributed by atoms with E-state index >= 15 is 0 Å². The fourth-order valence-electron chi connectivity index (χ4n) is 2.30. The maximum Gasteiger partial charge on any atom is 0.190 e. The van der Waals surface area contributed by atoms with Gasteiger partial charge in [-0.05, 0) is 36.5 Å². The van der Waals surface area contributed by atoms with Gasteiger partial charge in [-0.25, -0.2) is 4.39 Å². The SMILES string of the molecule is CN=C(N)N1CCC(Cc2ccc(F)cc2)C1.I. The second kappa shape index (κ2) is 6.92. The van der Waals surface area contributed by atoms with Crippen molar-refractivity contribution in [1.82, 2.24) is 4.90 Å². The normalized spacial score (nSPS) is 19.8. The van der Waals surface area contributed by atoms with Crippen molar-refractivity contribution in [2.45, 2.75) is 12.8 Å². The Balaban J connectivity index is 0.00000162. The molecule has 1 aromatic carbocycles. The van der Waals surface area contributed by atoms with Gasteiger partial charge in [0.15, 0.2) is 5.96 Å². The van der Waals surface area contributed by atoms with E-state index in [4.69, 9.17) is 5.73 Å². The molecule has 1 aromatic rings. The number of hydrogen-bond donors (Lipinski definition) is 1. The first-order valence-electron chi connectivity index (χ1n) is 5.90. The predicted molar refractivity (Wildman–Crippen MR) is 82.7 cm³/mol. The number of nitrogens with zero attached hydrogens (tertiary/aromatic N) is 2. The molecule has 0 aliphatic carbocycles. The van der Waals surface area contributed by atoms with Crippen LogP contribution in [0.15, 0.2) is 29.3 Å². The first kappa shape index (κ1) is 15.2. The highest BCUT2D eigenvalue weighted by molar-refractivity contribution is 14.0. The van der Waals surface area contributed by atoms with Crippen LogP contribution in [0.2, 0.25) is 0 Å². The van der Waals surface area contributed by atoms with E-state index in [-0.39, 0.29) is 29.8 Å². The average Bonchev–Trinajstić information content (AvgIpc) is 2.80. The Kier molecular flexibility index (Phi) is 5.84. The molecule has 2 N–H and O–H groups in total. The minimum absolute atomic E-state index is 0. The summed E-state index contributed by atoms with van der Waals surface area (Å²) in [6.07, 6.45) is 2.10. The highest BCUT2D eigenvalue weighted by atomic mass is 127. The maximum atomic E-state index is 12.8. The predicted octanol–water partition coefficient (Wildman–Crippen LogP) is 2.25. The van der Waals surface area contributed by atoms with E-state index in [0.29, 0.717) is 11.9 Å². The number of nitrogens with two attached hydrogens (primary N) is 1. The zero-order chi connectivity index (χ0) is 12.3. The van der Waals surface area contributed by atoms with E-state index in [1.165, 1.54) is 17.7 Å². The van der Waals surface area contributed by atoms with E-state index in [1.807, 2.05) is 12.1 Å². The van der Waals surface area contributed by atoms with Crippen molar-refractivity contribution >= 4 is 29.9 Å². The summed E-state index contributed by atoms with van der Waals surface area (Å²) in [5.74, 6) is 1.02. The van der Waals surface area contributed by atoms with Crippen LogP contribution in [0, 0.1) is 11.7 Å². The maximum absolute atomic E-state index is 12.8. The van der Waals surface area contributed by atoms with E-state index < -0.39 is 0 Å². The summed E-state index contributed by atoms with van der Waals surface area (Å²) in [7, 11) is 1.71. The molecule has 5 heteroatoms. The van der Waals surface area contributed by atoms with Crippen LogP contribution in [0.3, 0.4) is 0 Å². The van der Waals surface area contributed by atoms with Gasteiger partial charge in [0.05, 0.1) is 0 Å². The summed E-state index contributed by atoms with van der Waals surface area (Å²) >= 11 is 0. The molecule has 0 spiro atoms. The Morgan fingerprint density at radius 3 is 2.72 bits per heavy atom. The van der Waals surface area contributed by atoms with Gasteiger partial charge >= 0.3 is 0 Å². The van der Waals surface area contributed by atoms with E-state index in [0.717, 1.165) is 25.9 Å². The van der Waals surface area contributed by atoms with Crippen LogP contribution >= 0.6 is 24.0 Å². The van der Waals surface area contributed by atoms with Gasteiger partial charge in [-0.2, -0.15) is 0 Å². The number of halogens is 2. The van der Waals surface area contributed by atoms with Gasteiger partial charge in [-0.1, -0.05) is 12.1 Å². The molecular formula is C13H19FIN3. The van der Waals surface area contributed by atoms with Crippen LogP contribution in [0.25, 0.3) is 0 Å². The Labute approximate surface area is 124 Å². The summed E-state index contributed by atoms with van der Waals surface area (Å²) in [4.78, 5) is 6.10. The monoisotopic (exact) mass is 363 g/mol. The molecule has 0 aromatic heterocycles. The van der Waals surface area contributed by atoms with Gasteiger partial charge in [-0.3, -0.25) is 4.99 Å². The molecule has 1 aliphatic rings. The Bertz CT molecular complexity index is 405. The van der Waals surface area contributed by atoms with Crippen molar-refractivity contribution in [1.29, 1.82) is 0 Å². The van der Waals surface area contributed by atoms with Gasteiger partial charge in [0.1, 0.15) is 5.82 Å². The summed E-state index contributed by atoms with van der Waals surface area (Å²) < 4.78 is 12.8. The molecule has 3 nitrogen and oxygen atoms in total. The molecule has 100 valence electrons. The molecule has 1 aliphatic heterocycles. The van der Waals surface area contributed by atoms with Gasteiger partial charge in [0, 0.05) is 20.1 Å². The van der Waals surface area contributed by atoms with Gasteiger partial charge in [0.25, 0.3) is 0 Å². The van der Waals surface area contributed by atoms with Crippen molar-refractivity contribution < 1.29 is 4.39 Å². The number of aliphatic imine (C=N–C) groups is 1. The van der Waals surface area contributed by atoms with E-state index in [2.05, 4.69) is 9.89 Å². The number of hydrogen-bond acceptors (Lipinski definition) is 1. The molecule has 0 bridgehead atoms. The Hall–Kier alpha value is -0.850. The van der Waals surface area contributed by atoms with E-state index in [1.54, 1.807) is 7.05 Å². The Morgan fingerprint density at radius 1 is 1.44 bits per heavy atom. The lowest BCUT2D eigenvalue weighted by Gasteiger charge is -2.16. The second-order valence-corrected chi connectivity index (χ2v) is 4.51. The fraction of sp³-hybridized carbons (Fsp3) is 0.462. The van der Waals surface area contributed by atoms with Crippen LogP contribution in [0.4, 0.5) is 4.39 Å². The molecule has 1 saturated heterocycles. The summed E-state index contributed by atoms with van der Waals surface area (Å²) in [5.41, 5.74) is 6.97. The molecule has 0 amide bonds. The number of guanidine groups is 1. The molecule has 1 unspecified atom stereocenters. The lowest BCUT2D eigenvalue weighted by Crippen LogP contribution is -2.35. The minimum atomic E-state index is -0.177. The van der Waals surface area contributed by atoms with Crippen molar-refractivity contribution in [3.8, 4) is 0 Å².